The standard InChI is InChI=1S/C18H12Cl2N4OS/c19-13-5-1-11(2-6-13)9-21-15-16(23-18(26)24-17(15)25)22-10-12-3-7-14(20)8-4-12/h1-10H,(H2,23,24,25,26). The number of aromatic hydroxyl groups is 1. The summed E-state index contributed by atoms with van der Waals surface area (Å²) in [5.74, 6) is -0.110. The van der Waals surface area contributed by atoms with E-state index in [1.54, 1.807) is 48.8 Å². The lowest BCUT2D eigenvalue weighted by Gasteiger charge is -2.03. The molecule has 130 valence electrons. The third-order valence-electron chi connectivity index (χ3n) is 3.25. The van der Waals surface area contributed by atoms with Gasteiger partial charge in [-0.25, -0.2) is 15.0 Å². The fourth-order valence-corrected chi connectivity index (χ4v) is 2.44. The summed E-state index contributed by atoms with van der Waals surface area (Å²) in [6.07, 6.45) is 3.15. The molecule has 0 saturated heterocycles. The van der Waals surface area contributed by atoms with E-state index in [1.165, 1.54) is 0 Å². The van der Waals surface area contributed by atoms with Gasteiger partial charge >= 0.3 is 0 Å². The van der Waals surface area contributed by atoms with E-state index < -0.39 is 0 Å². The lowest BCUT2D eigenvalue weighted by atomic mass is 10.2. The predicted octanol–water partition coefficient (Wildman–Crippen LogP) is 5.28. The van der Waals surface area contributed by atoms with Gasteiger partial charge < -0.3 is 5.11 Å². The van der Waals surface area contributed by atoms with Gasteiger partial charge in [-0.15, -0.1) is 12.6 Å². The van der Waals surface area contributed by atoms with Gasteiger partial charge in [-0.3, -0.25) is 0 Å². The molecule has 1 aromatic heterocycles. The Labute approximate surface area is 165 Å². The topological polar surface area (TPSA) is 70.7 Å². The van der Waals surface area contributed by atoms with Crippen LogP contribution < -0.4 is 0 Å². The molecule has 0 bridgehead atoms. The maximum Gasteiger partial charge on any atom is 0.243 e. The second-order valence-electron chi connectivity index (χ2n) is 5.14. The zero-order valence-electron chi connectivity index (χ0n) is 13.2. The second-order valence-corrected chi connectivity index (χ2v) is 6.41. The highest BCUT2D eigenvalue weighted by Gasteiger charge is 2.11. The van der Waals surface area contributed by atoms with Crippen molar-refractivity contribution in [2.75, 3.05) is 0 Å². The molecule has 0 amide bonds. The molecule has 26 heavy (non-hydrogen) atoms. The fourth-order valence-electron chi connectivity index (χ4n) is 2.00. The molecule has 0 radical (unpaired) electrons. The largest absolute Gasteiger partial charge is 0.492 e. The van der Waals surface area contributed by atoms with E-state index in [0.29, 0.717) is 10.0 Å². The normalized spacial score (nSPS) is 11.5. The summed E-state index contributed by atoms with van der Waals surface area (Å²) in [4.78, 5) is 16.5. The molecule has 2 aromatic carbocycles. The second kappa shape index (κ2) is 8.31. The summed E-state index contributed by atoms with van der Waals surface area (Å²) in [6, 6.07) is 14.2. The van der Waals surface area contributed by atoms with Crippen molar-refractivity contribution in [3.8, 4) is 5.88 Å². The van der Waals surface area contributed by atoms with E-state index in [4.69, 9.17) is 23.2 Å². The minimum atomic E-state index is -0.307. The van der Waals surface area contributed by atoms with Crippen LogP contribution in [-0.4, -0.2) is 27.5 Å². The van der Waals surface area contributed by atoms with Gasteiger partial charge in [0.1, 0.15) is 0 Å². The van der Waals surface area contributed by atoms with Crippen LogP contribution in [0.3, 0.4) is 0 Å². The Morgan fingerprint density at radius 2 is 1.31 bits per heavy atom. The van der Waals surface area contributed by atoms with Crippen molar-refractivity contribution in [1.29, 1.82) is 0 Å². The third-order valence-corrected chi connectivity index (χ3v) is 3.96. The first-order chi connectivity index (χ1) is 12.5. The lowest BCUT2D eigenvalue weighted by Crippen LogP contribution is -1.88. The van der Waals surface area contributed by atoms with Crippen molar-refractivity contribution in [3.63, 3.8) is 0 Å². The first kappa shape index (κ1) is 18.4. The van der Waals surface area contributed by atoms with Gasteiger partial charge in [-0.05, 0) is 35.4 Å². The van der Waals surface area contributed by atoms with Gasteiger partial charge in [-0.1, -0.05) is 47.5 Å². The summed E-state index contributed by atoms with van der Waals surface area (Å²) >= 11 is 15.8. The molecule has 1 heterocycles. The molecule has 0 aliphatic carbocycles. The Morgan fingerprint density at radius 3 is 1.85 bits per heavy atom. The van der Waals surface area contributed by atoms with Crippen molar-refractivity contribution in [2.45, 2.75) is 5.16 Å². The molecule has 3 rings (SSSR count). The average molecular weight is 403 g/mol. The number of thiol groups is 1. The van der Waals surface area contributed by atoms with Crippen LogP contribution in [0.25, 0.3) is 0 Å². The highest BCUT2D eigenvalue weighted by Crippen LogP contribution is 2.34. The maximum absolute atomic E-state index is 10.1. The van der Waals surface area contributed by atoms with Gasteiger partial charge in [0.05, 0.1) is 0 Å². The summed E-state index contributed by atoms with van der Waals surface area (Å²) < 4.78 is 0. The van der Waals surface area contributed by atoms with Crippen LogP contribution in [0, 0.1) is 0 Å². The number of hydrogen-bond acceptors (Lipinski definition) is 6. The first-order valence-corrected chi connectivity index (χ1v) is 8.61. The predicted molar refractivity (Wildman–Crippen MR) is 108 cm³/mol. The van der Waals surface area contributed by atoms with Gasteiger partial charge in [0.25, 0.3) is 0 Å². The van der Waals surface area contributed by atoms with Crippen molar-refractivity contribution >= 4 is 59.8 Å². The minimum Gasteiger partial charge on any atom is -0.492 e. The summed E-state index contributed by atoms with van der Waals surface area (Å²) in [7, 11) is 0. The number of halogens is 2. The number of aromatic nitrogens is 2. The van der Waals surface area contributed by atoms with Gasteiger partial charge in [-0.2, -0.15) is 4.98 Å². The Morgan fingerprint density at radius 1 is 0.808 bits per heavy atom. The molecule has 0 saturated carbocycles. The molecule has 0 spiro atoms. The summed E-state index contributed by atoms with van der Waals surface area (Å²) in [5, 5.41) is 11.5. The molecule has 0 aliphatic heterocycles. The molecule has 5 nitrogen and oxygen atoms in total. The van der Waals surface area contributed by atoms with E-state index in [-0.39, 0.29) is 22.5 Å². The van der Waals surface area contributed by atoms with Crippen LogP contribution in [0.4, 0.5) is 11.5 Å². The zero-order chi connectivity index (χ0) is 18.5. The molecular formula is C18H12Cl2N4OS. The average Bonchev–Trinajstić information content (AvgIpc) is 2.62. The highest BCUT2D eigenvalue weighted by molar-refractivity contribution is 7.80. The SMILES string of the molecule is Oc1nc(S)nc(N=Cc2ccc(Cl)cc2)c1N=Cc1ccc(Cl)cc1. The molecule has 3 aromatic rings. The van der Waals surface area contributed by atoms with Crippen LogP contribution in [0.5, 0.6) is 5.88 Å². The van der Waals surface area contributed by atoms with Crippen LogP contribution in [0.1, 0.15) is 11.1 Å². The van der Waals surface area contributed by atoms with Gasteiger partial charge in [0.2, 0.25) is 5.88 Å². The van der Waals surface area contributed by atoms with Crippen molar-refractivity contribution in [1.82, 2.24) is 9.97 Å². The third kappa shape index (κ3) is 4.82. The maximum atomic E-state index is 10.1. The number of rotatable bonds is 4. The van der Waals surface area contributed by atoms with Crippen molar-refractivity contribution < 1.29 is 5.11 Å². The van der Waals surface area contributed by atoms with E-state index in [2.05, 4.69) is 32.6 Å². The quantitative estimate of drug-likeness (QED) is 0.354. The van der Waals surface area contributed by atoms with Crippen molar-refractivity contribution in [2.24, 2.45) is 9.98 Å². The smallest absolute Gasteiger partial charge is 0.243 e. The van der Waals surface area contributed by atoms with Crippen LogP contribution in [0.15, 0.2) is 63.7 Å². The fraction of sp³-hybridized carbons (Fsp3) is 0. The number of nitrogens with zero attached hydrogens (tertiary/aromatic N) is 4. The molecule has 0 atom stereocenters. The number of benzene rings is 2. The molecule has 0 unspecified atom stereocenters. The van der Waals surface area contributed by atoms with Gasteiger partial charge in [0.15, 0.2) is 16.7 Å². The Hall–Kier alpha value is -2.41. The Balaban J connectivity index is 1.94. The molecule has 0 fully saturated rings. The number of hydrogen-bond donors (Lipinski definition) is 2. The van der Waals surface area contributed by atoms with E-state index >= 15 is 0 Å². The number of aliphatic imine (C=N–C) groups is 2. The van der Waals surface area contributed by atoms with E-state index in [1.807, 2.05) is 12.1 Å². The van der Waals surface area contributed by atoms with Gasteiger partial charge in [0, 0.05) is 22.5 Å². The van der Waals surface area contributed by atoms with E-state index in [0.717, 1.165) is 11.1 Å². The van der Waals surface area contributed by atoms with Crippen LogP contribution >= 0.6 is 35.8 Å². The van der Waals surface area contributed by atoms with Crippen molar-refractivity contribution in [3.05, 3.63) is 69.7 Å². The Kier molecular flexibility index (Phi) is 5.88. The first-order valence-electron chi connectivity index (χ1n) is 7.40. The summed E-state index contributed by atoms with van der Waals surface area (Å²) in [5.41, 5.74) is 1.76. The molecule has 1 N–H and O–H groups in total. The van der Waals surface area contributed by atoms with Crippen LogP contribution in [-0.2, 0) is 0 Å². The highest BCUT2D eigenvalue weighted by atomic mass is 35.5. The minimum absolute atomic E-state index is 0.0937. The molecular weight excluding hydrogens is 391 g/mol. The summed E-state index contributed by atoms with van der Waals surface area (Å²) in [6.45, 7) is 0. The van der Waals surface area contributed by atoms with Crippen LogP contribution in [0.2, 0.25) is 10.0 Å². The molecule has 8 heteroatoms. The monoisotopic (exact) mass is 402 g/mol. The van der Waals surface area contributed by atoms with E-state index in [9.17, 15) is 5.11 Å². The zero-order valence-corrected chi connectivity index (χ0v) is 15.6. The lowest BCUT2D eigenvalue weighted by molar-refractivity contribution is 0.448. The molecule has 0 aliphatic rings. The Bertz CT molecular complexity index is 974.